The summed E-state index contributed by atoms with van der Waals surface area (Å²) in [6, 6.07) is 37.9. The second kappa shape index (κ2) is 8.76. The molecule has 0 aliphatic rings. The highest BCUT2D eigenvalue weighted by atomic mass is 14.8. The van der Waals surface area contributed by atoms with Gasteiger partial charge in [0.25, 0.3) is 0 Å². The largest absolute Gasteiger partial charge is 0.396 e. The van der Waals surface area contributed by atoms with Crippen molar-refractivity contribution >= 4 is 22.2 Å². The zero-order chi connectivity index (χ0) is 22.8. The zero-order valence-electron chi connectivity index (χ0n) is 18.9. The van der Waals surface area contributed by atoms with E-state index >= 15 is 0 Å². The van der Waals surface area contributed by atoms with Gasteiger partial charge in [0, 0.05) is 11.0 Å². The molecule has 0 aliphatic carbocycles. The number of benzene rings is 4. The van der Waals surface area contributed by atoms with Crippen molar-refractivity contribution in [3.05, 3.63) is 137 Å². The van der Waals surface area contributed by atoms with E-state index in [1.165, 1.54) is 22.3 Å². The van der Waals surface area contributed by atoms with E-state index in [1.54, 1.807) is 0 Å². The lowest BCUT2D eigenvalue weighted by Gasteiger charge is -2.15. The molecule has 2 heteroatoms. The fraction of sp³-hybridized carbons (Fsp3) is 0.0645. The van der Waals surface area contributed by atoms with Crippen molar-refractivity contribution in [3.63, 3.8) is 0 Å². The van der Waals surface area contributed by atoms with E-state index in [1.807, 2.05) is 24.3 Å². The van der Waals surface area contributed by atoms with Gasteiger partial charge in [0.05, 0.1) is 16.9 Å². The molecule has 2 nitrogen and oxygen atoms in total. The highest BCUT2D eigenvalue weighted by Gasteiger charge is 2.13. The van der Waals surface area contributed by atoms with Gasteiger partial charge in [0.15, 0.2) is 0 Å². The van der Waals surface area contributed by atoms with Gasteiger partial charge in [-0.25, -0.2) is 4.98 Å². The van der Waals surface area contributed by atoms with E-state index in [-0.39, 0.29) is 0 Å². The van der Waals surface area contributed by atoms with Crippen LogP contribution in [0, 0.1) is 13.8 Å². The van der Waals surface area contributed by atoms with Crippen LogP contribution >= 0.6 is 0 Å². The lowest BCUT2D eigenvalue weighted by molar-refractivity contribution is 1.31. The zero-order valence-corrected chi connectivity index (χ0v) is 18.9. The van der Waals surface area contributed by atoms with E-state index in [0.29, 0.717) is 5.70 Å². The highest BCUT2D eigenvalue weighted by Crippen LogP contribution is 2.31. The average Bonchev–Trinajstić information content (AvgIpc) is 2.86. The van der Waals surface area contributed by atoms with Crippen molar-refractivity contribution in [2.45, 2.75) is 13.8 Å². The Balaban J connectivity index is 1.64. The predicted octanol–water partition coefficient (Wildman–Crippen LogP) is 7.39. The molecule has 4 aromatic carbocycles. The minimum absolute atomic E-state index is 0.674. The molecule has 0 atom stereocenters. The van der Waals surface area contributed by atoms with Crippen LogP contribution in [0.5, 0.6) is 0 Å². The summed E-state index contributed by atoms with van der Waals surface area (Å²) in [7, 11) is 0. The van der Waals surface area contributed by atoms with Crippen LogP contribution in [0.4, 0.5) is 0 Å². The van der Waals surface area contributed by atoms with Gasteiger partial charge in [-0.15, -0.1) is 0 Å². The predicted molar refractivity (Wildman–Crippen MR) is 140 cm³/mol. The quantitative estimate of drug-likeness (QED) is 0.325. The lowest BCUT2D eigenvalue weighted by Crippen LogP contribution is -2.05. The van der Waals surface area contributed by atoms with Crippen LogP contribution in [0.1, 0.15) is 27.9 Å². The van der Waals surface area contributed by atoms with E-state index < -0.39 is 0 Å². The van der Waals surface area contributed by atoms with Crippen molar-refractivity contribution in [2.75, 3.05) is 0 Å². The van der Waals surface area contributed by atoms with Gasteiger partial charge in [-0.2, -0.15) is 0 Å². The first-order valence-corrected chi connectivity index (χ1v) is 11.2. The molecule has 0 amide bonds. The Kier molecular flexibility index (Phi) is 5.50. The monoisotopic (exact) mass is 426 g/mol. The topological polar surface area (TPSA) is 38.9 Å². The van der Waals surface area contributed by atoms with E-state index in [2.05, 4.69) is 98.8 Å². The molecular weight excluding hydrogens is 400 g/mol. The fourth-order valence-corrected chi connectivity index (χ4v) is 4.12. The Hall–Kier alpha value is -4.17. The van der Waals surface area contributed by atoms with Crippen LogP contribution in [0.2, 0.25) is 0 Å². The Labute approximate surface area is 195 Å². The molecule has 0 aliphatic heterocycles. The third-order valence-electron chi connectivity index (χ3n) is 6.04. The number of para-hydroxylation sites is 1. The minimum atomic E-state index is 0.674. The van der Waals surface area contributed by atoms with Crippen molar-refractivity contribution in [3.8, 4) is 11.1 Å². The molecule has 0 unspecified atom stereocenters. The van der Waals surface area contributed by atoms with E-state index in [4.69, 9.17) is 10.7 Å². The minimum Gasteiger partial charge on any atom is -0.396 e. The number of hydrogen-bond donors (Lipinski definition) is 1. The first-order valence-electron chi connectivity index (χ1n) is 11.2. The average molecular weight is 427 g/mol. The van der Waals surface area contributed by atoms with Gasteiger partial charge < -0.3 is 5.73 Å². The molecule has 0 bridgehead atoms. The van der Waals surface area contributed by atoms with Crippen LogP contribution < -0.4 is 5.73 Å². The molecule has 0 saturated heterocycles. The maximum absolute atomic E-state index is 6.82. The van der Waals surface area contributed by atoms with Crippen molar-refractivity contribution in [1.29, 1.82) is 0 Å². The number of nitrogens with zero attached hydrogens (tertiary/aromatic N) is 1. The van der Waals surface area contributed by atoms with Crippen molar-refractivity contribution in [2.24, 2.45) is 5.73 Å². The molecule has 1 aromatic heterocycles. The van der Waals surface area contributed by atoms with Crippen LogP contribution in [-0.2, 0) is 0 Å². The van der Waals surface area contributed by atoms with Gasteiger partial charge in [0.2, 0.25) is 0 Å². The third-order valence-corrected chi connectivity index (χ3v) is 6.04. The summed E-state index contributed by atoms with van der Waals surface area (Å²) in [4.78, 5) is 4.86. The summed E-state index contributed by atoms with van der Waals surface area (Å²) in [5, 5.41) is 1.10. The number of rotatable bonds is 4. The lowest BCUT2D eigenvalue weighted by atomic mass is 9.92. The van der Waals surface area contributed by atoms with Crippen LogP contribution in [0.25, 0.3) is 33.3 Å². The third kappa shape index (κ3) is 4.28. The maximum Gasteiger partial charge on any atom is 0.0873 e. The Morgan fingerprint density at radius 2 is 1.09 bits per heavy atom. The van der Waals surface area contributed by atoms with Crippen LogP contribution in [0.15, 0.2) is 109 Å². The van der Waals surface area contributed by atoms with Gasteiger partial charge in [-0.3, -0.25) is 0 Å². The van der Waals surface area contributed by atoms with Crippen LogP contribution in [-0.4, -0.2) is 4.98 Å². The number of pyridine rings is 1. The molecule has 1 heterocycles. The summed E-state index contributed by atoms with van der Waals surface area (Å²) in [6.07, 6.45) is 0. The van der Waals surface area contributed by atoms with E-state index in [0.717, 1.165) is 33.3 Å². The second-order valence-corrected chi connectivity index (χ2v) is 8.49. The highest BCUT2D eigenvalue weighted by molar-refractivity contribution is 5.97. The van der Waals surface area contributed by atoms with Crippen LogP contribution in [0.3, 0.4) is 0 Å². The molecule has 0 spiro atoms. The summed E-state index contributed by atoms with van der Waals surface area (Å²) in [5.74, 6) is 0. The Bertz CT molecular complexity index is 1440. The molecule has 33 heavy (non-hydrogen) atoms. The number of fused-ring (bicyclic) bond motifs is 1. The number of aryl methyl sites for hydroxylation is 2. The second-order valence-electron chi connectivity index (χ2n) is 8.49. The SMILES string of the molecule is Cc1ccc(C(=C(N)c2ccc3ccccc3n2)c2ccc(-c3ccc(C)cc3)cc2)cc1. The Morgan fingerprint density at radius 1 is 0.576 bits per heavy atom. The molecule has 5 rings (SSSR count). The smallest absolute Gasteiger partial charge is 0.0873 e. The summed E-state index contributed by atoms with van der Waals surface area (Å²) in [5.41, 5.74) is 17.2. The molecular formula is C31H26N2. The molecule has 160 valence electrons. The van der Waals surface area contributed by atoms with Crippen molar-refractivity contribution < 1.29 is 0 Å². The first-order chi connectivity index (χ1) is 16.1. The number of hydrogen-bond acceptors (Lipinski definition) is 2. The van der Waals surface area contributed by atoms with Gasteiger partial charge >= 0.3 is 0 Å². The standard InChI is InChI=1S/C31H26N2/c1-21-7-11-23(12-8-21)24-15-17-27(18-16-24)30(26-13-9-22(2)10-14-26)31(32)29-20-19-25-5-3-4-6-28(25)33-29/h3-20H,32H2,1-2H3. The van der Waals surface area contributed by atoms with Gasteiger partial charge in [0.1, 0.15) is 0 Å². The molecule has 0 saturated carbocycles. The van der Waals surface area contributed by atoms with Crippen molar-refractivity contribution in [1.82, 2.24) is 4.98 Å². The normalized spacial score (nSPS) is 11.9. The fourth-order valence-electron chi connectivity index (χ4n) is 4.12. The Morgan fingerprint density at radius 3 is 1.73 bits per heavy atom. The molecule has 2 N–H and O–H groups in total. The number of aromatic nitrogens is 1. The van der Waals surface area contributed by atoms with Gasteiger partial charge in [-0.1, -0.05) is 108 Å². The van der Waals surface area contributed by atoms with E-state index in [9.17, 15) is 0 Å². The summed E-state index contributed by atoms with van der Waals surface area (Å²) < 4.78 is 0. The number of nitrogens with two attached hydrogens (primary N) is 1. The maximum atomic E-state index is 6.82. The molecule has 0 fully saturated rings. The molecule has 5 aromatic rings. The van der Waals surface area contributed by atoms with Gasteiger partial charge in [-0.05, 0) is 48.2 Å². The summed E-state index contributed by atoms with van der Waals surface area (Å²) in [6.45, 7) is 4.20. The molecule has 0 radical (unpaired) electrons. The first kappa shape index (κ1) is 20.7. The summed E-state index contributed by atoms with van der Waals surface area (Å²) >= 11 is 0.